The minimum atomic E-state index is 0. The molecule has 80 valence electrons. The summed E-state index contributed by atoms with van der Waals surface area (Å²) >= 11 is 0. The number of rotatable bonds is 2. The van der Waals surface area contributed by atoms with Crippen molar-refractivity contribution in [2.24, 2.45) is 10.2 Å². The molecule has 0 bridgehead atoms. The van der Waals surface area contributed by atoms with Gasteiger partial charge in [-0.2, -0.15) is 0 Å². The molecule has 0 saturated heterocycles. The van der Waals surface area contributed by atoms with E-state index in [9.17, 15) is 10.2 Å². The van der Waals surface area contributed by atoms with Crippen LogP contribution in [0.5, 0.6) is 11.5 Å². The second-order valence-electron chi connectivity index (χ2n) is 3.18. The molecular weight excluding hydrogens is 228 g/mol. The number of azo groups is 1. The minimum Gasteiger partial charge on any atom is -0.506 e. The third kappa shape index (κ3) is 3.44. The van der Waals surface area contributed by atoms with E-state index in [1.54, 1.807) is 36.4 Å². The molecule has 0 aliphatic rings. The van der Waals surface area contributed by atoms with Gasteiger partial charge in [0.25, 0.3) is 0 Å². The first-order valence-corrected chi connectivity index (χ1v) is 4.75. The fourth-order valence-electron chi connectivity index (χ4n) is 1.21. The summed E-state index contributed by atoms with van der Waals surface area (Å²) < 4.78 is 0. The van der Waals surface area contributed by atoms with E-state index in [1.807, 2.05) is 0 Å². The van der Waals surface area contributed by atoms with Crippen LogP contribution in [0, 0.1) is 0 Å². The molecule has 2 rings (SSSR count). The Bertz CT molecular complexity index is 482. The molecule has 0 aliphatic heterocycles. The summed E-state index contributed by atoms with van der Waals surface area (Å²) in [6.07, 6.45) is 0. The van der Waals surface area contributed by atoms with Crippen molar-refractivity contribution < 1.29 is 10.2 Å². The van der Waals surface area contributed by atoms with Crippen LogP contribution >= 0.6 is 0 Å². The smallest absolute Gasteiger partial charge is 0.506 e. The molecule has 0 saturated carbocycles. The molecule has 0 aliphatic carbocycles. The van der Waals surface area contributed by atoms with Crippen molar-refractivity contribution in [2.45, 2.75) is 0 Å². The number of hydrogen-bond donors (Lipinski definition) is 2. The zero-order chi connectivity index (χ0) is 11.4. The first-order valence-electron chi connectivity index (χ1n) is 4.75. The summed E-state index contributed by atoms with van der Waals surface area (Å²) in [5.74, 6) is 0.114. The number of phenolic OH excluding ortho intramolecular Hbond substituents is 2. The third-order valence-electron chi connectivity index (χ3n) is 2.03. The van der Waals surface area contributed by atoms with Crippen LogP contribution in [0.3, 0.4) is 0 Å². The molecule has 0 amide bonds. The molecule has 2 aromatic rings. The number of benzene rings is 2. The van der Waals surface area contributed by atoms with E-state index in [-0.39, 0.29) is 34.6 Å². The van der Waals surface area contributed by atoms with E-state index in [0.717, 1.165) is 0 Å². The number of hydrogen-bond acceptors (Lipinski definition) is 4. The summed E-state index contributed by atoms with van der Waals surface area (Å²) in [4.78, 5) is 0. The first kappa shape index (κ1) is 13.5. The Kier molecular flexibility index (Phi) is 4.93. The van der Waals surface area contributed by atoms with Gasteiger partial charge >= 0.3 is 23.1 Å². The van der Waals surface area contributed by atoms with Gasteiger partial charge in [-0.25, -0.2) is 0 Å². The van der Waals surface area contributed by atoms with Crippen LogP contribution in [-0.2, 0) is 0 Å². The molecule has 2 N–H and O–H groups in total. The summed E-state index contributed by atoms with van der Waals surface area (Å²) in [5.41, 5.74) is 0.733. The van der Waals surface area contributed by atoms with Crippen LogP contribution in [0.1, 0.15) is 0 Å². The van der Waals surface area contributed by atoms with Crippen LogP contribution in [-0.4, -0.2) is 33.3 Å². The zero-order valence-electron chi connectivity index (χ0n) is 9.11. The Balaban J connectivity index is 0.00000144. The number of nitrogens with zero attached hydrogens (tertiary/aromatic N) is 2. The SMILES string of the molecule is Oc1ccccc1N=Nc1ccccc1O.[Mg+2]. The van der Waals surface area contributed by atoms with Gasteiger partial charge in [0.2, 0.25) is 0 Å². The van der Waals surface area contributed by atoms with Crippen LogP contribution in [0.25, 0.3) is 0 Å². The number of para-hydroxylation sites is 2. The average Bonchev–Trinajstić information content (AvgIpc) is 2.30. The molecule has 0 radical (unpaired) electrons. The summed E-state index contributed by atoms with van der Waals surface area (Å²) in [6, 6.07) is 13.2. The predicted octanol–water partition coefficient (Wildman–Crippen LogP) is 3.13. The normalized spacial score (nSPS) is 10.1. The van der Waals surface area contributed by atoms with Crippen molar-refractivity contribution in [1.82, 2.24) is 0 Å². The molecule has 5 heteroatoms. The van der Waals surface area contributed by atoms with Gasteiger partial charge in [-0.05, 0) is 24.3 Å². The molecule has 0 aromatic heterocycles. The van der Waals surface area contributed by atoms with Crippen LogP contribution < -0.4 is 0 Å². The maximum Gasteiger partial charge on any atom is 2.00 e. The summed E-state index contributed by atoms with van der Waals surface area (Å²) in [6.45, 7) is 0. The molecule has 4 nitrogen and oxygen atoms in total. The molecule has 0 atom stereocenters. The quantitative estimate of drug-likeness (QED) is 0.623. The van der Waals surface area contributed by atoms with Crippen LogP contribution in [0.2, 0.25) is 0 Å². The van der Waals surface area contributed by atoms with Gasteiger partial charge in [0.05, 0.1) is 0 Å². The number of phenols is 2. The topological polar surface area (TPSA) is 65.2 Å². The molecular formula is C12H10MgN2O2+2. The standard InChI is InChI=1S/C12H10N2O2.Mg/c15-11-7-3-1-5-9(11)13-14-10-6-2-4-8-12(10)16;/h1-8,15-16H;/q;+2. The molecule has 0 fully saturated rings. The zero-order valence-corrected chi connectivity index (χ0v) is 10.5. The predicted molar refractivity (Wildman–Crippen MR) is 66.1 cm³/mol. The van der Waals surface area contributed by atoms with Gasteiger partial charge in [0.1, 0.15) is 22.9 Å². The molecule has 0 unspecified atom stereocenters. The van der Waals surface area contributed by atoms with Crippen molar-refractivity contribution in [3.8, 4) is 11.5 Å². The van der Waals surface area contributed by atoms with E-state index in [1.165, 1.54) is 12.1 Å². The molecule has 0 spiro atoms. The maximum absolute atomic E-state index is 9.44. The molecule has 17 heavy (non-hydrogen) atoms. The monoisotopic (exact) mass is 238 g/mol. The molecule has 0 heterocycles. The maximum atomic E-state index is 9.44. The fourth-order valence-corrected chi connectivity index (χ4v) is 1.21. The molecule has 2 aromatic carbocycles. The fraction of sp³-hybridized carbons (Fsp3) is 0. The average molecular weight is 239 g/mol. The van der Waals surface area contributed by atoms with Crippen molar-refractivity contribution in [1.29, 1.82) is 0 Å². The summed E-state index contributed by atoms with van der Waals surface area (Å²) in [7, 11) is 0. The Morgan fingerprint density at radius 2 is 1.00 bits per heavy atom. The van der Waals surface area contributed by atoms with Gasteiger partial charge in [-0.15, -0.1) is 10.2 Å². The van der Waals surface area contributed by atoms with E-state index >= 15 is 0 Å². The second-order valence-corrected chi connectivity index (χ2v) is 3.18. The van der Waals surface area contributed by atoms with Crippen LogP contribution in [0.4, 0.5) is 11.4 Å². The van der Waals surface area contributed by atoms with Gasteiger partial charge in [-0.3, -0.25) is 0 Å². The van der Waals surface area contributed by atoms with Crippen molar-refractivity contribution in [3.05, 3.63) is 48.5 Å². The Morgan fingerprint density at radius 3 is 1.35 bits per heavy atom. The Morgan fingerprint density at radius 1 is 0.647 bits per heavy atom. The van der Waals surface area contributed by atoms with Crippen molar-refractivity contribution >= 4 is 34.4 Å². The third-order valence-corrected chi connectivity index (χ3v) is 2.03. The number of aromatic hydroxyl groups is 2. The van der Waals surface area contributed by atoms with Crippen LogP contribution in [0.15, 0.2) is 58.8 Å². The van der Waals surface area contributed by atoms with Crippen molar-refractivity contribution in [2.75, 3.05) is 0 Å². The van der Waals surface area contributed by atoms with Gasteiger partial charge in [0, 0.05) is 0 Å². The van der Waals surface area contributed by atoms with Gasteiger partial charge < -0.3 is 10.2 Å². The largest absolute Gasteiger partial charge is 2.00 e. The Labute approximate surface area is 115 Å². The van der Waals surface area contributed by atoms with Gasteiger partial charge in [-0.1, -0.05) is 24.3 Å². The second kappa shape index (κ2) is 6.22. The van der Waals surface area contributed by atoms with E-state index in [0.29, 0.717) is 11.4 Å². The van der Waals surface area contributed by atoms with E-state index < -0.39 is 0 Å². The van der Waals surface area contributed by atoms with E-state index in [2.05, 4.69) is 10.2 Å². The summed E-state index contributed by atoms with van der Waals surface area (Å²) in [5, 5.41) is 26.6. The van der Waals surface area contributed by atoms with E-state index in [4.69, 9.17) is 0 Å². The minimum absolute atomic E-state index is 0. The Hall–Kier alpha value is -1.59. The first-order chi connectivity index (χ1) is 7.77. The van der Waals surface area contributed by atoms with Gasteiger partial charge in [0.15, 0.2) is 0 Å². The van der Waals surface area contributed by atoms with Crippen molar-refractivity contribution in [3.63, 3.8) is 0 Å².